The van der Waals surface area contributed by atoms with Crippen molar-refractivity contribution in [1.29, 1.82) is 0 Å². The Balaban J connectivity index is 2.73. The molecule has 1 fully saturated rings. The summed E-state index contributed by atoms with van der Waals surface area (Å²) in [5.74, 6) is -1.60. The quantitative estimate of drug-likeness (QED) is 0.807. The molecule has 1 saturated heterocycles. The lowest BCUT2D eigenvalue weighted by Gasteiger charge is -2.35. The van der Waals surface area contributed by atoms with Gasteiger partial charge in [0.05, 0.1) is 5.92 Å². The second-order valence-corrected chi connectivity index (χ2v) is 7.58. The fourth-order valence-corrected chi connectivity index (χ4v) is 2.79. The second kappa shape index (κ2) is 7.79. The van der Waals surface area contributed by atoms with Crippen molar-refractivity contribution in [3.8, 4) is 0 Å². The van der Waals surface area contributed by atoms with Crippen molar-refractivity contribution in [3.63, 3.8) is 0 Å². The molecule has 0 aromatic rings. The van der Waals surface area contributed by atoms with Crippen LogP contribution >= 0.6 is 0 Å². The highest BCUT2D eigenvalue weighted by Crippen LogP contribution is 2.23. The summed E-state index contributed by atoms with van der Waals surface area (Å²) in [7, 11) is 0. The number of hydrogen-bond donors (Lipinski definition) is 2. The fraction of sp³-hybridized carbons (Fsp3) is 0.824. The molecule has 1 aliphatic heterocycles. The molecule has 132 valence electrons. The maximum absolute atomic E-state index is 12.5. The molecule has 0 spiro atoms. The van der Waals surface area contributed by atoms with Gasteiger partial charge in [-0.1, -0.05) is 34.6 Å². The molecular weight excluding hydrogens is 296 g/mol. The van der Waals surface area contributed by atoms with Crippen molar-refractivity contribution in [2.45, 2.75) is 59.9 Å². The van der Waals surface area contributed by atoms with Gasteiger partial charge in [0.25, 0.3) is 0 Å². The van der Waals surface area contributed by atoms with Gasteiger partial charge in [-0.25, -0.2) is 4.79 Å². The average molecular weight is 326 g/mol. The molecule has 1 aliphatic rings. The van der Waals surface area contributed by atoms with Gasteiger partial charge in [0, 0.05) is 19.0 Å². The zero-order chi connectivity index (χ0) is 17.8. The van der Waals surface area contributed by atoms with Crippen LogP contribution in [0.4, 0.5) is 0 Å². The van der Waals surface area contributed by atoms with E-state index >= 15 is 0 Å². The van der Waals surface area contributed by atoms with Gasteiger partial charge < -0.3 is 15.3 Å². The van der Waals surface area contributed by atoms with E-state index in [1.54, 1.807) is 25.7 Å². The summed E-state index contributed by atoms with van der Waals surface area (Å²) in [5, 5.41) is 12.0. The highest BCUT2D eigenvalue weighted by molar-refractivity contribution is 5.86. The van der Waals surface area contributed by atoms with Crippen LogP contribution in [0.2, 0.25) is 0 Å². The van der Waals surface area contributed by atoms with Crippen LogP contribution in [0.5, 0.6) is 0 Å². The van der Waals surface area contributed by atoms with Gasteiger partial charge >= 0.3 is 5.97 Å². The highest BCUT2D eigenvalue weighted by atomic mass is 16.4. The molecule has 0 radical (unpaired) electrons. The molecule has 1 heterocycles. The number of likely N-dealkylation sites (tertiary alicyclic amines) is 1. The van der Waals surface area contributed by atoms with Gasteiger partial charge in [-0.3, -0.25) is 9.59 Å². The fourth-order valence-electron chi connectivity index (χ4n) is 2.79. The van der Waals surface area contributed by atoms with Gasteiger partial charge in [-0.05, 0) is 24.7 Å². The first kappa shape index (κ1) is 19.5. The molecule has 3 atom stereocenters. The van der Waals surface area contributed by atoms with Crippen molar-refractivity contribution in [3.05, 3.63) is 0 Å². The number of hydrogen-bond acceptors (Lipinski definition) is 3. The topological polar surface area (TPSA) is 86.7 Å². The summed E-state index contributed by atoms with van der Waals surface area (Å²) >= 11 is 0. The predicted octanol–water partition coefficient (Wildman–Crippen LogP) is 1.89. The Morgan fingerprint density at radius 2 is 1.91 bits per heavy atom. The number of piperidine rings is 1. The van der Waals surface area contributed by atoms with E-state index in [-0.39, 0.29) is 23.7 Å². The van der Waals surface area contributed by atoms with Crippen LogP contribution in [-0.2, 0) is 14.4 Å². The number of carboxylic acids is 1. The van der Waals surface area contributed by atoms with Crippen molar-refractivity contribution in [1.82, 2.24) is 10.2 Å². The second-order valence-electron chi connectivity index (χ2n) is 7.58. The first-order valence-corrected chi connectivity index (χ1v) is 8.39. The third-order valence-electron chi connectivity index (χ3n) is 4.54. The minimum Gasteiger partial charge on any atom is -0.480 e. The zero-order valence-electron chi connectivity index (χ0n) is 14.9. The SMILES string of the molecule is CCC(C)C(=O)N1CCCC(C(=O)N[C@H](C(=O)O)C(C)(C)C)C1. The maximum atomic E-state index is 12.5. The minimum absolute atomic E-state index is 0.0434. The first-order chi connectivity index (χ1) is 10.6. The van der Waals surface area contributed by atoms with Gasteiger partial charge in [0.1, 0.15) is 6.04 Å². The van der Waals surface area contributed by atoms with Crippen LogP contribution in [0.3, 0.4) is 0 Å². The van der Waals surface area contributed by atoms with Crippen molar-refractivity contribution in [2.75, 3.05) is 13.1 Å². The standard InChI is InChI=1S/C17H30N2O4/c1-6-11(2)15(21)19-9-7-8-12(10-19)14(20)18-13(16(22)23)17(3,4)5/h11-13H,6-10H2,1-5H3,(H,18,20)(H,22,23)/t11?,12?,13-/m1/s1. The monoisotopic (exact) mass is 326 g/mol. The molecule has 2 unspecified atom stereocenters. The van der Waals surface area contributed by atoms with Crippen molar-refractivity contribution < 1.29 is 19.5 Å². The molecule has 2 N–H and O–H groups in total. The Labute approximate surface area is 138 Å². The summed E-state index contributed by atoms with van der Waals surface area (Å²) < 4.78 is 0. The molecular formula is C17H30N2O4. The summed E-state index contributed by atoms with van der Waals surface area (Å²) in [6.07, 6.45) is 2.23. The lowest BCUT2D eigenvalue weighted by molar-refractivity contribution is -0.147. The Bertz CT molecular complexity index is 456. The van der Waals surface area contributed by atoms with Gasteiger partial charge in [-0.15, -0.1) is 0 Å². The van der Waals surface area contributed by atoms with Crippen LogP contribution in [0.15, 0.2) is 0 Å². The third-order valence-corrected chi connectivity index (χ3v) is 4.54. The van der Waals surface area contributed by atoms with E-state index in [1.807, 2.05) is 13.8 Å². The van der Waals surface area contributed by atoms with E-state index < -0.39 is 17.4 Å². The van der Waals surface area contributed by atoms with E-state index in [2.05, 4.69) is 5.32 Å². The molecule has 0 saturated carbocycles. The van der Waals surface area contributed by atoms with Crippen LogP contribution in [0.1, 0.15) is 53.9 Å². The number of amides is 2. The molecule has 0 aromatic carbocycles. The number of carbonyl (C=O) groups is 3. The third kappa shape index (κ3) is 5.22. The van der Waals surface area contributed by atoms with E-state index in [1.165, 1.54) is 0 Å². The predicted molar refractivity (Wildman–Crippen MR) is 87.8 cm³/mol. The number of carbonyl (C=O) groups excluding carboxylic acids is 2. The summed E-state index contributed by atoms with van der Waals surface area (Å²) in [6.45, 7) is 10.3. The number of aliphatic carboxylic acids is 1. The lowest BCUT2D eigenvalue weighted by atomic mass is 9.86. The van der Waals surface area contributed by atoms with Gasteiger partial charge in [0.2, 0.25) is 11.8 Å². The van der Waals surface area contributed by atoms with Crippen LogP contribution in [-0.4, -0.2) is 46.9 Å². The molecule has 23 heavy (non-hydrogen) atoms. The van der Waals surface area contributed by atoms with Gasteiger partial charge in [-0.2, -0.15) is 0 Å². The number of carboxylic acid groups (broad SMARTS) is 1. The van der Waals surface area contributed by atoms with Crippen LogP contribution < -0.4 is 5.32 Å². The smallest absolute Gasteiger partial charge is 0.326 e. The van der Waals surface area contributed by atoms with E-state index in [0.717, 1.165) is 12.8 Å². The summed E-state index contributed by atoms with van der Waals surface area (Å²) in [5.41, 5.74) is -0.567. The molecule has 6 nitrogen and oxygen atoms in total. The molecule has 2 amide bonds. The van der Waals surface area contributed by atoms with Crippen molar-refractivity contribution in [2.24, 2.45) is 17.3 Å². The lowest BCUT2D eigenvalue weighted by Crippen LogP contribution is -2.53. The number of nitrogens with zero attached hydrogens (tertiary/aromatic N) is 1. The molecule has 1 rings (SSSR count). The molecule has 0 aliphatic carbocycles. The largest absolute Gasteiger partial charge is 0.480 e. The first-order valence-electron chi connectivity index (χ1n) is 8.39. The number of rotatable bonds is 5. The normalized spacial score (nSPS) is 21.4. The average Bonchev–Trinajstić information content (AvgIpc) is 2.49. The Morgan fingerprint density at radius 1 is 1.30 bits per heavy atom. The Kier molecular flexibility index (Phi) is 6.59. The van der Waals surface area contributed by atoms with E-state index in [0.29, 0.717) is 19.5 Å². The highest BCUT2D eigenvalue weighted by Gasteiger charge is 2.36. The molecule has 0 aromatic heterocycles. The Hall–Kier alpha value is -1.59. The Morgan fingerprint density at radius 3 is 2.39 bits per heavy atom. The maximum Gasteiger partial charge on any atom is 0.326 e. The van der Waals surface area contributed by atoms with Crippen LogP contribution in [0.25, 0.3) is 0 Å². The van der Waals surface area contributed by atoms with E-state index in [9.17, 15) is 19.5 Å². The molecule has 0 bridgehead atoms. The molecule has 6 heteroatoms. The van der Waals surface area contributed by atoms with Crippen LogP contribution in [0, 0.1) is 17.3 Å². The van der Waals surface area contributed by atoms with Gasteiger partial charge in [0.15, 0.2) is 0 Å². The number of nitrogens with one attached hydrogen (secondary N) is 1. The summed E-state index contributed by atoms with van der Waals surface area (Å²) in [6, 6.07) is -0.935. The van der Waals surface area contributed by atoms with E-state index in [4.69, 9.17) is 0 Å². The van der Waals surface area contributed by atoms with Crippen molar-refractivity contribution >= 4 is 17.8 Å². The minimum atomic E-state index is -1.03. The summed E-state index contributed by atoms with van der Waals surface area (Å²) in [4.78, 5) is 37.9. The zero-order valence-corrected chi connectivity index (χ0v) is 14.9.